The highest BCUT2D eigenvalue weighted by atomic mass is 35.5. The molecule has 27 heavy (non-hydrogen) atoms. The molecule has 1 aliphatic heterocycles. The number of amides is 1. The van der Waals surface area contributed by atoms with Crippen molar-refractivity contribution in [3.05, 3.63) is 58.1 Å². The Morgan fingerprint density at radius 3 is 2.44 bits per heavy atom. The molecule has 0 bridgehead atoms. The summed E-state index contributed by atoms with van der Waals surface area (Å²) < 4.78 is 10.7. The second kappa shape index (κ2) is 9.11. The summed E-state index contributed by atoms with van der Waals surface area (Å²) in [5.41, 5.74) is 3.54. The van der Waals surface area contributed by atoms with Gasteiger partial charge in [-0.15, -0.1) is 0 Å². The number of fused-ring (bicyclic) bond motifs is 1. The number of benzene rings is 2. The fourth-order valence-corrected chi connectivity index (χ4v) is 3.41. The van der Waals surface area contributed by atoms with Gasteiger partial charge in [0, 0.05) is 18.1 Å². The average molecular weight is 389 g/mol. The number of nitrogens with zero attached hydrogens (tertiary/aromatic N) is 1. The minimum Gasteiger partial charge on any atom is -0.493 e. The molecule has 3 rings (SSSR count). The Morgan fingerprint density at radius 2 is 1.78 bits per heavy atom. The summed E-state index contributed by atoms with van der Waals surface area (Å²) in [6.45, 7) is 2.42. The summed E-state index contributed by atoms with van der Waals surface area (Å²) >= 11 is 5.89. The van der Waals surface area contributed by atoms with Crippen molar-refractivity contribution in [1.82, 2.24) is 10.2 Å². The van der Waals surface area contributed by atoms with Crippen molar-refractivity contribution < 1.29 is 14.3 Å². The van der Waals surface area contributed by atoms with Crippen molar-refractivity contribution >= 4 is 17.5 Å². The van der Waals surface area contributed by atoms with Gasteiger partial charge >= 0.3 is 0 Å². The van der Waals surface area contributed by atoms with E-state index in [4.69, 9.17) is 21.1 Å². The molecule has 0 aliphatic carbocycles. The molecule has 1 amide bonds. The van der Waals surface area contributed by atoms with Gasteiger partial charge in [-0.05, 0) is 60.3 Å². The third-order valence-corrected chi connectivity index (χ3v) is 5.10. The van der Waals surface area contributed by atoms with Crippen LogP contribution in [0.1, 0.15) is 16.7 Å². The first-order valence-corrected chi connectivity index (χ1v) is 9.45. The van der Waals surface area contributed by atoms with Gasteiger partial charge in [-0.2, -0.15) is 0 Å². The number of carbonyl (C=O) groups excluding carboxylic acids is 1. The number of ether oxygens (including phenoxy) is 2. The van der Waals surface area contributed by atoms with E-state index >= 15 is 0 Å². The van der Waals surface area contributed by atoms with Crippen molar-refractivity contribution in [2.75, 3.05) is 33.9 Å². The smallest absolute Gasteiger partial charge is 0.236 e. The van der Waals surface area contributed by atoms with Crippen LogP contribution in [0.15, 0.2) is 36.4 Å². The predicted molar refractivity (Wildman–Crippen MR) is 107 cm³/mol. The van der Waals surface area contributed by atoms with Crippen LogP contribution >= 0.6 is 11.6 Å². The second-order valence-electron chi connectivity index (χ2n) is 6.59. The van der Waals surface area contributed by atoms with Crippen LogP contribution < -0.4 is 14.8 Å². The van der Waals surface area contributed by atoms with Crippen LogP contribution in [-0.2, 0) is 24.2 Å². The maximum atomic E-state index is 12.5. The lowest BCUT2D eigenvalue weighted by atomic mass is 9.98. The summed E-state index contributed by atoms with van der Waals surface area (Å²) in [6.07, 6.45) is 1.69. The largest absolute Gasteiger partial charge is 0.493 e. The Balaban J connectivity index is 1.50. The molecule has 144 valence electrons. The van der Waals surface area contributed by atoms with Crippen LogP contribution in [0.3, 0.4) is 0 Å². The fourth-order valence-electron chi connectivity index (χ4n) is 3.29. The summed E-state index contributed by atoms with van der Waals surface area (Å²) in [6, 6.07) is 11.8. The summed E-state index contributed by atoms with van der Waals surface area (Å²) in [5.74, 6) is 1.55. The van der Waals surface area contributed by atoms with Crippen LogP contribution in [0.5, 0.6) is 11.5 Å². The van der Waals surface area contributed by atoms with Gasteiger partial charge in [-0.1, -0.05) is 23.7 Å². The third-order valence-electron chi connectivity index (χ3n) is 4.85. The fraction of sp³-hybridized carbons (Fsp3) is 0.381. The van der Waals surface area contributed by atoms with Gasteiger partial charge in [0.2, 0.25) is 5.91 Å². The molecule has 0 spiro atoms. The highest BCUT2D eigenvalue weighted by molar-refractivity contribution is 6.30. The Morgan fingerprint density at radius 1 is 1.11 bits per heavy atom. The average Bonchev–Trinajstić information content (AvgIpc) is 2.70. The number of methoxy groups -OCH3 is 2. The summed E-state index contributed by atoms with van der Waals surface area (Å²) in [5, 5.41) is 3.98. The molecule has 1 N–H and O–H groups in total. The molecule has 1 aliphatic rings. The zero-order valence-corrected chi connectivity index (χ0v) is 16.5. The molecule has 2 aromatic rings. The van der Waals surface area contributed by atoms with Gasteiger partial charge in [0.05, 0.1) is 20.8 Å². The number of nitrogens with one attached hydrogen (secondary N) is 1. The topological polar surface area (TPSA) is 50.8 Å². The first-order chi connectivity index (χ1) is 13.1. The minimum atomic E-state index is 0.117. The van der Waals surface area contributed by atoms with Crippen LogP contribution in [0.2, 0.25) is 5.02 Å². The Hall–Kier alpha value is -2.24. The number of rotatable bonds is 7. The molecule has 0 radical (unpaired) electrons. The second-order valence-corrected chi connectivity index (χ2v) is 7.03. The third kappa shape index (κ3) is 4.93. The van der Waals surface area contributed by atoms with E-state index in [9.17, 15) is 4.79 Å². The van der Waals surface area contributed by atoms with E-state index < -0.39 is 0 Å². The van der Waals surface area contributed by atoms with E-state index in [-0.39, 0.29) is 5.91 Å². The molecule has 0 saturated carbocycles. The lowest BCUT2D eigenvalue weighted by Crippen LogP contribution is -2.41. The molecule has 0 fully saturated rings. The maximum Gasteiger partial charge on any atom is 0.236 e. The van der Waals surface area contributed by atoms with E-state index in [0.29, 0.717) is 18.8 Å². The standard InChI is InChI=1S/C21H25ClN2O3/c1-26-19-11-16-8-10-24(14-17(16)12-20(19)27-2)21(25)13-23-9-7-15-3-5-18(22)6-4-15/h3-6,11-12,23H,7-10,13-14H2,1-2H3. The quantitative estimate of drug-likeness (QED) is 0.740. The van der Waals surface area contributed by atoms with E-state index in [1.165, 1.54) is 11.1 Å². The Kier molecular flexibility index (Phi) is 6.58. The van der Waals surface area contributed by atoms with Crippen LogP contribution in [0, 0.1) is 0 Å². The van der Waals surface area contributed by atoms with Crippen molar-refractivity contribution in [2.24, 2.45) is 0 Å². The van der Waals surface area contributed by atoms with E-state index in [2.05, 4.69) is 5.32 Å². The van der Waals surface area contributed by atoms with Gasteiger partial charge in [0.15, 0.2) is 11.5 Å². The SMILES string of the molecule is COc1cc2c(cc1OC)CN(C(=O)CNCCc1ccc(Cl)cc1)CC2. The van der Waals surface area contributed by atoms with Crippen molar-refractivity contribution in [3.63, 3.8) is 0 Å². The Labute approximate surface area is 165 Å². The highest BCUT2D eigenvalue weighted by Crippen LogP contribution is 2.33. The Bertz CT molecular complexity index is 793. The van der Waals surface area contributed by atoms with Gasteiger partial charge in [0.1, 0.15) is 0 Å². The molecule has 0 aromatic heterocycles. The summed E-state index contributed by atoms with van der Waals surface area (Å²) in [7, 11) is 3.26. The molecule has 0 unspecified atom stereocenters. The van der Waals surface area contributed by atoms with E-state index in [1.807, 2.05) is 41.3 Å². The van der Waals surface area contributed by atoms with Crippen molar-refractivity contribution in [3.8, 4) is 11.5 Å². The number of hydrogen-bond donors (Lipinski definition) is 1. The zero-order valence-electron chi connectivity index (χ0n) is 15.8. The molecule has 0 atom stereocenters. The summed E-state index contributed by atoms with van der Waals surface area (Å²) in [4.78, 5) is 14.4. The van der Waals surface area contributed by atoms with Gasteiger partial charge in [-0.3, -0.25) is 4.79 Å². The number of carbonyl (C=O) groups is 1. The normalized spacial score (nSPS) is 13.2. The molecule has 0 saturated heterocycles. The van der Waals surface area contributed by atoms with Crippen LogP contribution in [-0.4, -0.2) is 44.7 Å². The lowest BCUT2D eigenvalue weighted by molar-refractivity contribution is -0.131. The predicted octanol–water partition coefficient (Wildman–Crippen LogP) is 3.07. The van der Waals surface area contributed by atoms with Crippen LogP contribution in [0.25, 0.3) is 0 Å². The zero-order chi connectivity index (χ0) is 19.2. The first-order valence-electron chi connectivity index (χ1n) is 9.07. The van der Waals surface area contributed by atoms with Crippen molar-refractivity contribution in [2.45, 2.75) is 19.4 Å². The van der Waals surface area contributed by atoms with Crippen LogP contribution in [0.4, 0.5) is 0 Å². The minimum absolute atomic E-state index is 0.117. The highest BCUT2D eigenvalue weighted by Gasteiger charge is 2.22. The maximum absolute atomic E-state index is 12.5. The van der Waals surface area contributed by atoms with Gasteiger partial charge in [-0.25, -0.2) is 0 Å². The molecule has 2 aromatic carbocycles. The van der Waals surface area contributed by atoms with Gasteiger partial charge < -0.3 is 19.7 Å². The first kappa shape index (κ1) is 19.5. The number of halogens is 1. The number of hydrogen-bond acceptors (Lipinski definition) is 4. The van der Waals surface area contributed by atoms with E-state index in [0.717, 1.165) is 42.3 Å². The van der Waals surface area contributed by atoms with Gasteiger partial charge in [0.25, 0.3) is 0 Å². The van der Waals surface area contributed by atoms with Crippen molar-refractivity contribution in [1.29, 1.82) is 0 Å². The molecule has 5 nitrogen and oxygen atoms in total. The lowest BCUT2D eigenvalue weighted by Gasteiger charge is -2.29. The molecular weight excluding hydrogens is 364 g/mol. The monoisotopic (exact) mass is 388 g/mol. The molecule has 1 heterocycles. The molecular formula is C21H25ClN2O3. The molecule has 6 heteroatoms. The van der Waals surface area contributed by atoms with E-state index in [1.54, 1.807) is 14.2 Å².